The van der Waals surface area contributed by atoms with E-state index in [9.17, 15) is 29.4 Å². The summed E-state index contributed by atoms with van der Waals surface area (Å²) in [5, 5.41) is 26.7. The molecule has 5 N–H and O–H groups in total. The Kier molecular flexibility index (Phi) is 7.58. The number of carboxylic acids is 2. The molecule has 212 valence electrons. The molecule has 0 aromatic carbocycles. The van der Waals surface area contributed by atoms with E-state index in [2.05, 4.69) is 20.0 Å². The topological polar surface area (TPSA) is 188 Å². The van der Waals surface area contributed by atoms with Gasteiger partial charge in [-0.2, -0.15) is 4.57 Å². The van der Waals surface area contributed by atoms with Gasteiger partial charge >= 0.3 is 11.9 Å². The van der Waals surface area contributed by atoms with Crippen LogP contribution in [0.2, 0.25) is 0 Å². The number of nitrogens with two attached hydrogens (primary N) is 1. The van der Waals surface area contributed by atoms with Crippen LogP contribution in [0.5, 0.6) is 0 Å². The molecule has 0 unspecified atom stereocenters. The van der Waals surface area contributed by atoms with E-state index in [1.54, 1.807) is 11.3 Å². The Morgan fingerprint density at radius 1 is 1.27 bits per heavy atom. The summed E-state index contributed by atoms with van der Waals surface area (Å²) in [6.07, 6.45) is 4.21. The minimum Gasteiger partial charge on any atom is -0.478 e. The zero-order chi connectivity index (χ0) is 28.8. The number of anilines is 1. The molecule has 0 bridgehead atoms. The zero-order valence-electron chi connectivity index (χ0n) is 21.6. The van der Waals surface area contributed by atoms with Crippen LogP contribution < -0.4 is 15.6 Å². The maximum Gasteiger partial charge on any atom is 0.352 e. The fourth-order valence-electron chi connectivity index (χ4n) is 4.64. The van der Waals surface area contributed by atoms with Crippen molar-refractivity contribution in [2.45, 2.75) is 63.1 Å². The molecule has 1 saturated heterocycles. The van der Waals surface area contributed by atoms with Crippen LogP contribution >= 0.6 is 34.4 Å². The number of amides is 2. The van der Waals surface area contributed by atoms with Gasteiger partial charge in [-0.1, -0.05) is 16.5 Å². The maximum absolute atomic E-state index is 13.2. The van der Waals surface area contributed by atoms with Crippen molar-refractivity contribution in [2.24, 2.45) is 5.16 Å². The molecule has 1 aliphatic carbocycles. The number of hydrogen-bond donors (Lipinski definition) is 4. The molecule has 2 aromatic rings. The highest BCUT2D eigenvalue weighted by atomic mass is 32.2. The maximum atomic E-state index is 13.2. The fraction of sp³-hybridized carbons (Fsp3) is 0.458. The van der Waals surface area contributed by atoms with Gasteiger partial charge in [0.1, 0.15) is 22.8 Å². The Bertz CT molecular complexity index is 1460. The molecule has 2 aromatic heterocycles. The molecule has 40 heavy (non-hydrogen) atoms. The molecule has 16 heteroatoms. The van der Waals surface area contributed by atoms with Gasteiger partial charge in [-0.25, -0.2) is 14.6 Å². The van der Waals surface area contributed by atoms with Gasteiger partial charge < -0.3 is 26.1 Å². The van der Waals surface area contributed by atoms with Crippen molar-refractivity contribution in [1.29, 1.82) is 0 Å². The third-order valence-corrected chi connectivity index (χ3v) is 9.91. The van der Waals surface area contributed by atoms with E-state index in [0.717, 1.165) is 37.0 Å². The van der Waals surface area contributed by atoms with Crippen molar-refractivity contribution in [2.75, 3.05) is 11.5 Å². The Morgan fingerprint density at radius 3 is 2.70 bits per heavy atom. The number of carbonyl (C=O) groups excluding carboxylic acids is 2. The first-order valence-electron chi connectivity index (χ1n) is 12.4. The Balaban J connectivity index is 1.36. The Hall–Kier alpha value is -3.50. The number of nitrogen functional groups attached to an aromatic ring is 1. The molecule has 0 spiro atoms. The molecule has 0 radical (unpaired) electrons. The number of nitrogens with one attached hydrogen (secondary N) is 1. The lowest BCUT2D eigenvalue weighted by Gasteiger charge is -2.49. The van der Waals surface area contributed by atoms with Gasteiger partial charge in [0.05, 0.1) is 4.88 Å². The van der Waals surface area contributed by atoms with Gasteiger partial charge in [0, 0.05) is 23.1 Å². The SMILES string of the molecule is CC(C)(ON=C(C(=O)N[C@@H]1C(=O)N2C(C(=O)O)=C(C[n+]3csc4c3CCCC4)CS[C@@H]12)c1csc(N)n1)C(=O)O. The third kappa shape index (κ3) is 5.17. The minimum atomic E-state index is -1.74. The van der Waals surface area contributed by atoms with Gasteiger partial charge in [0.25, 0.3) is 11.8 Å². The molecule has 5 rings (SSSR count). The summed E-state index contributed by atoms with van der Waals surface area (Å²) in [4.78, 5) is 61.9. The minimum absolute atomic E-state index is 0.0469. The van der Waals surface area contributed by atoms with E-state index >= 15 is 0 Å². The third-order valence-electron chi connectivity index (χ3n) is 6.82. The number of nitrogens with zero attached hydrogens (tertiary/aromatic N) is 4. The number of carboxylic acid groups (broad SMARTS) is 2. The summed E-state index contributed by atoms with van der Waals surface area (Å²) in [7, 11) is 0. The van der Waals surface area contributed by atoms with Gasteiger partial charge in [-0.15, -0.1) is 23.1 Å². The zero-order valence-corrected chi connectivity index (χ0v) is 24.0. The molecule has 13 nitrogen and oxygen atoms in total. The lowest BCUT2D eigenvalue weighted by molar-refractivity contribution is -0.692. The largest absolute Gasteiger partial charge is 0.478 e. The highest BCUT2D eigenvalue weighted by Gasteiger charge is 2.55. The van der Waals surface area contributed by atoms with Crippen LogP contribution in [0, 0.1) is 0 Å². The summed E-state index contributed by atoms with van der Waals surface area (Å²) in [5.41, 5.74) is 7.45. The smallest absolute Gasteiger partial charge is 0.352 e. The molecule has 3 aliphatic rings. The van der Waals surface area contributed by atoms with Crippen molar-refractivity contribution in [3.05, 3.63) is 38.4 Å². The average molecular weight is 608 g/mol. The molecular weight excluding hydrogens is 581 g/mol. The summed E-state index contributed by atoms with van der Waals surface area (Å²) < 4.78 is 2.09. The molecule has 2 aliphatic heterocycles. The van der Waals surface area contributed by atoms with Crippen molar-refractivity contribution in [3.8, 4) is 0 Å². The second-order valence-corrected chi connectivity index (χ2v) is 12.9. The molecule has 2 atom stereocenters. The summed E-state index contributed by atoms with van der Waals surface area (Å²) >= 11 is 4.08. The van der Waals surface area contributed by atoms with Crippen LogP contribution in [0.1, 0.15) is 43.0 Å². The molecular formula is C24H27N6O7S3+. The molecule has 1 fully saturated rings. The van der Waals surface area contributed by atoms with E-state index < -0.39 is 40.8 Å². The second kappa shape index (κ2) is 10.8. The first kappa shape index (κ1) is 28.0. The Morgan fingerprint density at radius 2 is 2.02 bits per heavy atom. The number of aromatic nitrogens is 2. The van der Waals surface area contributed by atoms with Gasteiger partial charge in [0.15, 0.2) is 23.1 Å². The monoisotopic (exact) mass is 607 g/mol. The van der Waals surface area contributed by atoms with Crippen molar-refractivity contribution in [3.63, 3.8) is 0 Å². The quantitative estimate of drug-likeness (QED) is 0.138. The number of hydrogen-bond acceptors (Lipinski definition) is 11. The van der Waals surface area contributed by atoms with Crippen LogP contribution in [0.25, 0.3) is 0 Å². The van der Waals surface area contributed by atoms with Crippen molar-refractivity contribution >= 4 is 69.0 Å². The predicted molar refractivity (Wildman–Crippen MR) is 147 cm³/mol. The number of aliphatic carboxylic acids is 2. The normalized spacial score (nSPS) is 20.9. The predicted octanol–water partition coefficient (Wildman–Crippen LogP) is 0.976. The molecule has 2 amide bonds. The first-order valence-corrected chi connectivity index (χ1v) is 15.2. The van der Waals surface area contributed by atoms with Crippen molar-refractivity contribution in [1.82, 2.24) is 15.2 Å². The van der Waals surface area contributed by atoms with Gasteiger partial charge in [-0.05, 0) is 33.1 Å². The van der Waals surface area contributed by atoms with E-state index in [0.29, 0.717) is 17.9 Å². The van der Waals surface area contributed by atoms with Gasteiger partial charge in [0.2, 0.25) is 11.1 Å². The standard InChI is InChI=1S/C24H26N6O7S3/c1-24(2,22(35)36)37-28-15(12-9-39-23(25)26-12)18(31)27-16-19(32)30-17(21(33)34)11(8-38-20(16)30)7-29-10-40-14-6-4-3-5-13(14)29/h9-10,16,20H,3-8H2,1-2H3,(H4-,25,26,27,31,33,34,35,36)/p+1/t16-,20+/m1/s1. The molecule has 4 heterocycles. The van der Waals surface area contributed by atoms with Crippen LogP contribution in [0.3, 0.4) is 0 Å². The number of β-lactam (4-membered cyclic amide) rings is 1. The highest BCUT2D eigenvalue weighted by molar-refractivity contribution is 8.00. The lowest BCUT2D eigenvalue weighted by Crippen LogP contribution is -2.71. The molecule has 0 saturated carbocycles. The number of oxime groups is 1. The van der Waals surface area contributed by atoms with Crippen molar-refractivity contribution < 1.29 is 38.8 Å². The van der Waals surface area contributed by atoms with E-state index in [1.807, 2.05) is 5.51 Å². The average Bonchev–Trinajstić information content (AvgIpc) is 3.53. The van der Waals surface area contributed by atoms with Crippen LogP contribution in [-0.4, -0.2) is 72.3 Å². The number of thioether (sulfide) groups is 1. The number of rotatable bonds is 9. The number of aryl methyl sites for hydroxylation is 1. The summed E-state index contributed by atoms with van der Waals surface area (Å²) in [6.45, 7) is 2.90. The first-order chi connectivity index (χ1) is 19.0. The van der Waals surface area contributed by atoms with Crippen LogP contribution in [0.4, 0.5) is 5.13 Å². The summed E-state index contributed by atoms with van der Waals surface area (Å²) in [5.74, 6) is -3.53. The second-order valence-electron chi connectivity index (χ2n) is 9.96. The van der Waals surface area contributed by atoms with E-state index in [4.69, 9.17) is 10.6 Å². The highest BCUT2D eigenvalue weighted by Crippen LogP contribution is 2.40. The van der Waals surface area contributed by atoms with E-state index in [1.165, 1.54) is 46.5 Å². The van der Waals surface area contributed by atoms with Gasteiger partial charge in [-0.3, -0.25) is 14.5 Å². The number of thiazole rings is 2. The number of fused-ring (bicyclic) bond motifs is 2. The van der Waals surface area contributed by atoms with Crippen LogP contribution in [0.15, 0.2) is 27.3 Å². The lowest BCUT2D eigenvalue weighted by atomic mass is 10.0. The fourth-order valence-corrected chi connectivity index (χ4v) is 7.59. The summed E-state index contributed by atoms with van der Waals surface area (Å²) in [6, 6.07) is -1.02. The van der Waals surface area contributed by atoms with Crippen LogP contribution in [-0.2, 0) is 43.4 Å². The Labute approximate surface area is 240 Å². The van der Waals surface area contributed by atoms with E-state index in [-0.39, 0.29) is 22.2 Å². The number of carbonyl (C=O) groups is 4.